The molecule has 0 fully saturated rings. The minimum atomic E-state index is -0.110. The molecule has 0 unspecified atom stereocenters. The van der Waals surface area contributed by atoms with Crippen molar-refractivity contribution in [3.05, 3.63) is 35.4 Å². The largest absolute Gasteiger partial charge is 0.338 e. The molecule has 0 saturated heterocycles. The SMILES string of the molecule is CCCCCCCCCCCCNC(=O)NCc1ccc(CNC(=O)NCCCCCCCCCCCC)cc1. The van der Waals surface area contributed by atoms with Crippen LogP contribution in [0.1, 0.15) is 153 Å². The van der Waals surface area contributed by atoms with Crippen LogP contribution in [0, 0.1) is 0 Å². The molecule has 0 spiro atoms. The van der Waals surface area contributed by atoms with Crippen LogP contribution in [0.4, 0.5) is 9.59 Å². The van der Waals surface area contributed by atoms with E-state index < -0.39 is 0 Å². The van der Waals surface area contributed by atoms with Crippen molar-refractivity contribution < 1.29 is 9.59 Å². The van der Waals surface area contributed by atoms with Crippen molar-refractivity contribution >= 4 is 12.1 Å². The van der Waals surface area contributed by atoms with Gasteiger partial charge in [-0.25, -0.2) is 9.59 Å². The molecule has 40 heavy (non-hydrogen) atoms. The minimum Gasteiger partial charge on any atom is -0.338 e. The van der Waals surface area contributed by atoms with Crippen molar-refractivity contribution in [1.82, 2.24) is 21.3 Å². The van der Waals surface area contributed by atoms with Crippen LogP contribution in [0.3, 0.4) is 0 Å². The lowest BCUT2D eigenvalue weighted by molar-refractivity contribution is 0.239. The van der Waals surface area contributed by atoms with Gasteiger partial charge in [0.2, 0.25) is 0 Å². The van der Waals surface area contributed by atoms with Gasteiger partial charge in [0.05, 0.1) is 0 Å². The minimum absolute atomic E-state index is 0.110. The molecule has 0 heterocycles. The van der Waals surface area contributed by atoms with Crippen LogP contribution in [0.25, 0.3) is 0 Å². The average molecular weight is 559 g/mol. The Morgan fingerprint density at radius 2 is 0.700 bits per heavy atom. The molecule has 6 nitrogen and oxygen atoms in total. The molecule has 1 rings (SSSR count). The maximum absolute atomic E-state index is 12.1. The molecule has 0 radical (unpaired) electrons. The fourth-order valence-corrected chi connectivity index (χ4v) is 4.89. The first-order valence-corrected chi connectivity index (χ1v) is 16.8. The fourth-order valence-electron chi connectivity index (χ4n) is 4.89. The molecule has 0 saturated carbocycles. The number of benzene rings is 1. The zero-order valence-corrected chi connectivity index (χ0v) is 26.1. The van der Waals surface area contributed by atoms with Crippen LogP contribution in [-0.2, 0) is 13.1 Å². The Morgan fingerprint density at radius 1 is 0.425 bits per heavy atom. The normalized spacial score (nSPS) is 10.8. The number of hydrogen-bond donors (Lipinski definition) is 4. The number of carbonyl (C=O) groups excluding carboxylic acids is 2. The lowest BCUT2D eigenvalue weighted by Gasteiger charge is -2.10. The fraction of sp³-hybridized carbons (Fsp3) is 0.765. The van der Waals surface area contributed by atoms with Gasteiger partial charge < -0.3 is 21.3 Å². The molecule has 0 bridgehead atoms. The Morgan fingerprint density at radius 3 is 1.00 bits per heavy atom. The molecule has 0 aromatic heterocycles. The summed E-state index contributed by atoms with van der Waals surface area (Å²) in [6, 6.07) is 7.78. The first-order valence-electron chi connectivity index (χ1n) is 16.8. The van der Waals surface area contributed by atoms with E-state index in [0.717, 1.165) is 37.1 Å². The van der Waals surface area contributed by atoms with E-state index in [1.165, 1.54) is 116 Å². The highest BCUT2D eigenvalue weighted by Gasteiger charge is 2.03. The number of hydrogen-bond acceptors (Lipinski definition) is 2. The van der Waals surface area contributed by atoms with E-state index >= 15 is 0 Å². The molecule has 0 aliphatic carbocycles. The van der Waals surface area contributed by atoms with E-state index in [9.17, 15) is 9.59 Å². The average Bonchev–Trinajstić information content (AvgIpc) is 2.97. The van der Waals surface area contributed by atoms with Gasteiger partial charge in [-0.05, 0) is 24.0 Å². The van der Waals surface area contributed by atoms with E-state index in [1.807, 2.05) is 24.3 Å². The standard InChI is InChI=1S/C34H62N4O2/c1-3-5-7-9-11-13-15-17-19-21-27-35-33(39)37-29-31-23-25-32(26-24-31)30-38-34(40)36-28-22-20-18-16-14-12-10-8-6-4-2/h23-26H,3-22,27-30H2,1-2H3,(H2,35,37,39)(H2,36,38,40). The molecule has 4 N–H and O–H groups in total. The Balaban J connectivity index is 1.97. The zero-order chi connectivity index (χ0) is 28.9. The molecule has 0 aliphatic rings. The molecule has 6 heteroatoms. The van der Waals surface area contributed by atoms with Crippen LogP contribution >= 0.6 is 0 Å². The summed E-state index contributed by atoms with van der Waals surface area (Å²) in [5.74, 6) is 0. The highest BCUT2D eigenvalue weighted by Crippen LogP contribution is 2.11. The van der Waals surface area contributed by atoms with Gasteiger partial charge in [-0.1, -0.05) is 154 Å². The van der Waals surface area contributed by atoms with Gasteiger partial charge >= 0.3 is 12.1 Å². The summed E-state index contributed by atoms with van der Waals surface area (Å²) in [5.41, 5.74) is 2.09. The van der Waals surface area contributed by atoms with Gasteiger partial charge in [0.25, 0.3) is 0 Å². The molecule has 1 aromatic carbocycles. The highest BCUT2D eigenvalue weighted by atomic mass is 16.2. The first kappa shape index (κ1) is 35.8. The Hall–Kier alpha value is -2.24. The van der Waals surface area contributed by atoms with Gasteiger partial charge in [0.1, 0.15) is 0 Å². The van der Waals surface area contributed by atoms with E-state index in [-0.39, 0.29) is 12.1 Å². The summed E-state index contributed by atoms with van der Waals surface area (Å²) in [6.45, 7) is 6.97. The number of amides is 4. The second kappa shape index (κ2) is 27.0. The third kappa shape index (κ3) is 22.6. The number of nitrogens with one attached hydrogen (secondary N) is 4. The highest BCUT2D eigenvalue weighted by molar-refractivity contribution is 5.74. The third-order valence-electron chi connectivity index (χ3n) is 7.56. The van der Waals surface area contributed by atoms with Crippen LogP contribution < -0.4 is 21.3 Å². The third-order valence-corrected chi connectivity index (χ3v) is 7.56. The topological polar surface area (TPSA) is 82.3 Å². The molecule has 0 aliphatic heterocycles. The summed E-state index contributed by atoms with van der Waals surface area (Å²) < 4.78 is 0. The number of unbranched alkanes of at least 4 members (excludes halogenated alkanes) is 18. The number of rotatable bonds is 26. The van der Waals surface area contributed by atoms with Gasteiger partial charge in [-0.15, -0.1) is 0 Å². The van der Waals surface area contributed by atoms with Crippen LogP contribution in [-0.4, -0.2) is 25.2 Å². The van der Waals surface area contributed by atoms with Gasteiger partial charge in [-0.2, -0.15) is 0 Å². The zero-order valence-electron chi connectivity index (χ0n) is 26.1. The number of carbonyl (C=O) groups is 2. The lowest BCUT2D eigenvalue weighted by Crippen LogP contribution is -2.35. The predicted octanol–water partition coefficient (Wildman–Crippen LogP) is 9.13. The van der Waals surface area contributed by atoms with Crippen molar-refractivity contribution in [2.24, 2.45) is 0 Å². The number of urea groups is 2. The van der Waals surface area contributed by atoms with Crippen molar-refractivity contribution in [2.75, 3.05) is 13.1 Å². The molecule has 1 aromatic rings. The van der Waals surface area contributed by atoms with Crippen molar-refractivity contribution in [1.29, 1.82) is 0 Å². The van der Waals surface area contributed by atoms with Gasteiger partial charge in [0.15, 0.2) is 0 Å². The maximum atomic E-state index is 12.1. The molecule has 4 amide bonds. The molecular weight excluding hydrogens is 496 g/mol. The Labute approximate surface area is 246 Å². The summed E-state index contributed by atoms with van der Waals surface area (Å²) in [4.78, 5) is 24.1. The van der Waals surface area contributed by atoms with Crippen molar-refractivity contribution in [3.63, 3.8) is 0 Å². The molecule has 230 valence electrons. The maximum Gasteiger partial charge on any atom is 0.315 e. The molecule has 0 atom stereocenters. The van der Waals surface area contributed by atoms with Gasteiger partial charge in [0, 0.05) is 26.2 Å². The van der Waals surface area contributed by atoms with Gasteiger partial charge in [-0.3, -0.25) is 0 Å². The summed E-state index contributed by atoms with van der Waals surface area (Å²) in [5, 5.41) is 11.8. The van der Waals surface area contributed by atoms with Crippen LogP contribution in [0.15, 0.2) is 24.3 Å². The molecular formula is C34H62N4O2. The smallest absolute Gasteiger partial charge is 0.315 e. The van der Waals surface area contributed by atoms with Crippen molar-refractivity contribution in [3.8, 4) is 0 Å². The Kier molecular flexibility index (Phi) is 24.1. The predicted molar refractivity (Wildman–Crippen MR) is 171 cm³/mol. The summed E-state index contributed by atoms with van der Waals surface area (Å²) in [6.07, 6.45) is 25.9. The second-order valence-corrected chi connectivity index (χ2v) is 11.4. The van der Waals surface area contributed by atoms with E-state index in [0.29, 0.717) is 13.1 Å². The van der Waals surface area contributed by atoms with Crippen LogP contribution in [0.2, 0.25) is 0 Å². The van der Waals surface area contributed by atoms with E-state index in [2.05, 4.69) is 35.1 Å². The monoisotopic (exact) mass is 558 g/mol. The Bertz CT molecular complexity index is 662. The van der Waals surface area contributed by atoms with E-state index in [4.69, 9.17) is 0 Å². The summed E-state index contributed by atoms with van der Waals surface area (Å²) >= 11 is 0. The first-order chi connectivity index (χ1) is 19.7. The summed E-state index contributed by atoms with van der Waals surface area (Å²) in [7, 11) is 0. The second-order valence-electron chi connectivity index (χ2n) is 11.4. The van der Waals surface area contributed by atoms with Crippen LogP contribution in [0.5, 0.6) is 0 Å². The van der Waals surface area contributed by atoms with E-state index in [1.54, 1.807) is 0 Å². The quantitative estimate of drug-likeness (QED) is 0.0855. The lowest BCUT2D eigenvalue weighted by atomic mass is 10.1. The van der Waals surface area contributed by atoms with Crippen molar-refractivity contribution in [2.45, 2.75) is 155 Å².